The molecular formula is C18H12Cl3N. The predicted octanol–water partition coefficient (Wildman–Crippen LogP) is 7.12. The van der Waals surface area contributed by atoms with Crippen LogP contribution in [0.3, 0.4) is 0 Å². The first-order chi connectivity index (χ1) is 10.6. The highest BCUT2D eigenvalue weighted by Crippen LogP contribution is 2.37. The van der Waals surface area contributed by atoms with E-state index in [1.807, 2.05) is 72.8 Å². The largest absolute Gasteiger partial charge is 0.310 e. The summed E-state index contributed by atoms with van der Waals surface area (Å²) in [6.45, 7) is 0. The second kappa shape index (κ2) is 6.62. The van der Waals surface area contributed by atoms with Crippen LogP contribution < -0.4 is 4.90 Å². The Morgan fingerprint density at radius 2 is 0.818 bits per heavy atom. The summed E-state index contributed by atoms with van der Waals surface area (Å²) in [5.41, 5.74) is 2.83. The van der Waals surface area contributed by atoms with Crippen LogP contribution in [0.1, 0.15) is 0 Å². The number of halogens is 3. The van der Waals surface area contributed by atoms with Crippen molar-refractivity contribution < 1.29 is 0 Å². The van der Waals surface area contributed by atoms with E-state index in [0.717, 1.165) is 17.1 Å². The van der Waals surface area contributed by atoms with Gasteiger partial charge in [0, 0.05) is 32.1 Å². The van der Waals surface area contributed by atoms with Crippen LogP contribution in [0.25, 0.3) is 0 Å². The Bertz CT molecular complexity index is 693. The van der Waals surface area contributed by atoms with Crippen LogP contribution in [-0.2, 0) is 0 Å². The van der Waals surface area contributed by atoms with Gasteiger partial charge in [0.1, 0.15) is 0 Å². The van der Waals surface area contributed by atoms with Gasteiger partial charge in [-0.1, -0.05) is 53.0 Å². The zero-order valence-corrected chi connectivity index (χ0v) is 13.8. The van der Waals surface area contributed by atoms with E-state index >= 15 is 0 Å². The molecule has 0 spiro atoms. The molecule has 0 N–H and O–H groups in total. The fourth-order valence-corrected chi connectivity index (χ4v) is 2.85. The molecule has 0 heterocycles. The van der Waals surface area contributed by atoms with Crippen molar-refractivity contribution in [3.05, 3.63) is 87.9 Å². The van der Waals surface area contributed by atoms with Crippen molar-refractivity contribution in [2.24, 2.45) is 0 Å². The lowest BCUT2D eigenvalue weighted by molar-refractivity contribution is 1.28. The third kappa shape index (κ3) is 3.38. The van der Waals surface area contributed by atoms with Crippen LogP contribution in [0.2, 0.25) is 15.1 Å². The third-order valence-electron chi connectivity index (χ3n) is 3.20. The first-order valence-corrected chi connectivity index (χ1v) is 7.84. The van der Waals surface area contributed by atoms with Gasteiger partial charge in [0.25, 0.3) is 0 Å². The Morgan fingerprint density at radius 1 is 0.500 bits per heavy atom. The molecule has 3 aromatic carbocycles. The van der Waals surface area contributed by atoms with E-state index in [9.17, 15) is 0 Å². The summed E-state index contributed by atoms with van der Waals surface area (Å²) >= 11 is 18.4. The van der Waals surface area contributed by atoms with Crippen molar-refractivity contribution in [2.75, 3.05) is 4.90 Å². The topological polar surface area (TPSA) is 3.24 Å². The Morgan fingerprint density at radius 3 is 1.09 bits per heavy atom. The minimum absolute atomic E-state index is 0.673. The SMILES string of the molecule is Clc1cccc(N(c2cccc(Cl)c2)c2cccc(Cl)c2)c1. The quantitative estimate of drug-likeness (QED) is 0.487. The Labute approximate surface area is 144 Å². The van der Waals surface area contributed by atoms with Crippen molar-refractivity contribution in [2.45, 2.75) is 0 Å². The van der Waals surface area contributed by atoms with Gasteiger partial charge in [0.15, 0.2) is 0 Å². The molecule has 0 radical (unpaired) electrons. The second-order valence-corrected chi connectivity index (χ2v) is 6.08. The fraction of sp³-hybridized carbons (Fsp3) is 0. The minimum Gasteiger partial charge on any atom is -0.310 e. The molecule has 0 fully saturated rings. The maximum absolute atomic E-state index is 6.15. The van der Waals surface area contributed by atoms with Gasteiger partial charge in [0.2, 0.25) is 0 Å². The lowest BCUT2D eigenvalue weighted by Crippen LogP contribution is -2.09. The summed E-state index contributed by atoms with van der Waals surface area (Å²) in [5, 5.41) is 2.02. The number of hydrogen-bond donors (Lipinski definition) is 0. The maximum atomic E-state index is 6.15. The van der Waals surface area contributed by atoms with Crippen molar-refractivity contribution >= 4 is 51.9 Å². The molecule has 4 heteroatoms. The second-order valence-electron chi connectivity index (χ2n) is 4.78. The average molecular weight is 349 g/mol. The van der Waals surface area contributed by atoms with Crippen LogP contribution >= 0.6 is 34.8 Å². The summed E-state index contributed by atoms with van der Waals surface area (Å²) in [6.07, 6.45) is 0. The third-order valence-corrected chi connectivity index (χ3v) is 3.90. The number of nitrogens with zero attached hydrogens (tertiary/aromatic N) is 1. The molecule has 0 amide bonds. The zero-order chi connectivity index (χ0) is 15.5. The minimum atomic E-state index is 0.673. The predicted molar refractivity (Wildman–Crippen MR) is 96.2 cm³/mol. The van der Waals surface area contributed by atoms with Crippen LogP contribution in [0.15, 0.2) is 72.8 Å². The molecule has 0 atom stereocenters. The highest BCUT2D eigenvalue weighted by Gasteiger charge is 2.13. The zero-order valence-electron chi connectivity index (χ0n) is 11.5. The van der Waals surface area contributed by atoms with E-state index in [1.165, 1.54) is 0 Å². The van der Waals surface area contributed by atoms with E-state index in [-0.39, 0.29) is 0 Å². The highest BCUT2D eigenvalue weighted by molar-refractivity contribution is 6.31. The molecule has 1 nitrogen and oxygen atoms in total. The fourth-order valence-electron chi connectivity index (χ4n) is 2.29. The van der Waals surface area contributed by atoms with Crippen molar-refractivity contribution in [3.63, 3.8) is 0 Å². The van der Waals surface area contributed by atoms with Crippen molar-refractivity contribution in [3.8, 4) is 0 Å². The van der Waals surface area contributed by atoms with Crippen LogP contribution in [-0.4, -0.2) is 0 Å². The summed E-state index contributed by atoms with van der Waals surface area (Å²) in [4.78, 5) is 2.06. The molecule has 0 aromatic heterocycles. The molecule has 0 aliphatic rings. The van der Waals surface area contributed by atoms with E-state index in [4.69, 9.17) is 34.8 Å². The van der Waals surface area contributed by atoms with Gasteiger partial charge in [-0.3, -0.25) is 0 Å². The van der Waals surface area contributed by atoms with Gasteiger partial charge in [0.05, 0.1) is 0 Å². The normalized spacial score (nSPS) is 10.5. The van der Waals surface area contributed by atoms with Crippen LogP contribution in [0.4, 0.5) is 17.1 Å². The molecule has 3 rings (SSSR count). The molecule has 22 heavy (non-hydrogen) atoms. The van der Waals surface area contributed by atoms with Crippen LogP contribution in [0, 0.1) is 0 Å². The lowest BCUT2D eigenvalue weighted by Gasteiger charge is -2.25. The Kier molecular flexibility index (Phi) is 4.58. The maximum Gasteiger partial charge on any atom is 0.0476 e. The Balaban J connectivity index is 2.18. The summed E-state index contributed by atoms with van der Waals surface area (Å²) in [6, 6.07) is 23.0. The molecule has 0 unspecified atom stereocenters. The molecule has 110 valence electrons. The number of anilines is 3. The molecule has 3 aromatic rings. The van der Waals surface area contributed by atoms with Gasteiger partial charge in [-0.2, -0.15) is 0 Å². The first kappa shape index (κ1) is 15.2. The van der Waals surface area contributed by atoms with E-state index in [0.29, 0.717) is 15.1 Å². The van der Waals surface area contributed by atoms with Crippen molar-refractivity contribution in [1.29, 1.82) is 0 Å². The summed E-state index contributed by atoms with van der Waals surface area (Å²) in [7, 11) is 0. The molecule has 0 saturated heterocycles. The number of rotatable bonds is 3. The smallest absolute Gasteiger partial charge is 0.0476 e. The first-order valence-electron chi connectivity index (χ1n) is 6.70. The van der Waals surface area contributed by atoms with E-state index < -0.39 is 0 Å². The molecule has 0 aliphatic heterocycles. The van der Waals surface area contributed by atoms with Gasteiger partial charge < -0.3 is 4.90 Å². The number of hydrogen-bond acceptors (Lipinski definition) is 1. The molecule has 0 bridgehead atoms. The summed E-state index contributed by atoms with van der Waals surface area (Å²) < 4.78 is 0. The summed E-state index contributed by atoms with van der Waals surface area (Å²) in [5.74, 6) is 0. The monoisotopic (exact) mass is 347 g/mol. The molecular weight excluding hydrogens is 337 g/mol. The van der Waals surface area contributed by atoms with Gasteiger partial charge in [-0.15, -0.1) is 0 Å². The van der Waals surface area contributed by atoms with Gasteiger partial charge in [-0.05, 0) is 54.6 Å². The lowest BCUT2D eigenvalue weighted by atomic mass is 10.2. The van der Waals surface area contributed by atoms with Crippen LogP contribution in [0.5, 0.6) is 0 Å². The highest BCUT2D eigenvalue weighted by atomic mass is 35.5. The molecule has 0 saturated carbocycles. The standard InChI is InChI=1S/C18H12Cl3N/c19-13-4-1-7-16(10-13)22(17-8-2-5-14(20)11-17)18-9-3-6-15(21)12-18/h1-12H. The molecule has 0 aliphatic carbocycles. The average Bonchev–Trinajstić information content (AvgIpc) is 2.48. The van der Waals surface area contributed by atoms with E-state index in [2.05, 4.69) is 4.90 Å². The van der Waals surface area contributed by atoms with Crippen molar-refractivity contribution in [1.82, 2.24) is 0 Å². The number of benzene rings is 3. The van der Waals surface area contributed by atoms with Gasteiger partial charge in [-0.25, -0.2) is 0 Å². The van der Waals surface area contributed by atoms with E-state index in [1.54, 1.807) is 0 Å². The Hall–Kier alpha value is -1.67. The van der Waals surface area contributed by atoms with Gasteiger partial charge >= 0.3 is 0 Å².